The highest BCUT2D eigenvalue weighted by Crippen LogP contribution is 2.40. The van der Waals surface area contributed by atoms with Crippen LogP contribution in [-0.2, 0) is 0 Å². The Morgan fingerprint density at radius 3 is 1.65 bits per heavy atom. The Kier molecular flexibility index (Phi) is 7.81. The van der Waals surface area contributed by atoms with Crippen molar-refractivity contribution in [3.05, 3.63) is 242 Å². The van der Waals surface area contributed by atoms with E-state index in [2.05, 4.69) is 66.7 Å². The summed E-state index contributed by atoms with van der Waals surface area (Å²) < 4.78 is 70.7. The van der Waals surface area contributed by atoms with Crippen LogP contribution in [0.3, 0.4) is 0 Å². The van der Waals surface area contributed by atoms with Gasteiger partial charge >= 0.3 is 0 Å². The maximum atomic E-state index is 9.23. The van der Waals surface area contributed by atoms with Gasteiger partial charge in [0.25, 0.3) is 0 Å². The molecular weight excluding hydrogens is 829 g/mol. The van der Waals surface area contributed by atoms with Gasteiger partial charge in [-0.25, -0.2) is 15.0 Å². The van der Waals surface area contributed by atoms with Gasteiger partial charge in [0.1, 0.15) is 11.2 Å². The minimum atomic E-state index is -0.473. The smallest absolute Gasteiger partial charge is 0.166 e. The normalized spacial score (nSPS) is 13.0. The van der Waals surface area contributed by atoms with Crippen molar-refractivity contribution >= 4 is 43.7 Å². The Balaban J connectivity index is 0.995. The molecule has 0 saturated heterocycles. The van der Waals surface area contributed by atoms with Crippen LogP contribution in [0.4, 0.5) is 0 Å². The fourth-order valence-corrected chi connectivity index (χ4v) is 9.30. The molecule has 0 aliphatic carbocycles. The van der Waals surface area contributed by atoms with Gasteiger partial charge in [-0.3, -0.25) is 0 Å². The van der Waals surface area contributed by atoms with Crippen LogP contribution in [0.1, 0.15) is 9.60 Å². The van der Waals surface area contributed by atoms with Gasteiger partial charge in [0, 0.05) is 43.8 Å². The Morgan fingerprint density at radius 1 is 0.338 bits per heavy atom. The van der Waals surface area contributed by atoms with E-state index in [9.17, 15) is 2.74 Å². The Bertz CT molecular complexity index is 4440. The van der Waals surface area contributed by atoms with Crippen LogP contribution in [0.15, 0.2) is 247 Å². The average Bonchev–Trinajstić information content (AvgIpc) is 4.16. The lowest BCUT2D eigenvalue weighted by molar-refractivity contribution is 0.670. The number of furan rings is 1. The summed E-state index contributed by atoms with van der Waals surface area (Å²) in [6.07, 6.45) is 0. The fraction of sp³-hybridized carbons (Fsp3) is 0. The second-order valence-electron chi connectivity index (χ2n) is 16.6. The third-order valence-electron chi connectivity index (χ3n) is 12.6. The molecule has 0 unspecified atom stereocenters. The molecule has 3 heterocycles. The van der Waals surface area contributed by atoms with Gasteiger partial charge in [0.2, 0.25) is 0 Å². The molecule has 0 spiro atoms. The lowest BCUT2D eigenvalue weighted by Crippen LogP contribution is -2.03. The second kappa shape index (κ2) is 16.4. The summed E-state index contributed by atoms with van der Waals surface area (Å²) in [5, 5.41) is 2.14. The first-order valence-corrected chi connectivity index (χ1v) is 22.3. The summed E-state index contributed by atoms with van der Waals surface area (Å²) in [5.74, 6) is 1.01. The van der Waals surface area contributed by atoms with Crippen molar-refractivity contribution in [1.82, 2.24) is 19.5 Å². The third-order valence-corrected chi connectivity index (χ3v) is 12.6. The molecule has 13 aromatic rings. The van der Waals surface area contributed by atoms with Gasteiger partial charge in [-0.2, -0.15) is 0 Å². The number of para-hydroxylation sites is 4. The highest BCUT2D eigenvalue weighted by molar-refractivity contribution is 6.11. The number of hydrogen-bond acceptors (Lipinski definition) is 4. The van der Waals surface area contributed by atoms with Crippen LogP contribution >= 0.6 is 0 Å². The van der Waals surface area contributed by atoms with Gasteiger partial charge in [-0.1, -0.05) is 194 Å². The zero-order chi connectivity index (χ0) is 51.1. The Hall–Kier alpha value is -9.19. The van der Waals surface area contributed by atoms with Crippen molar-refractivity contribution in [2.45, 2.75) is 0 Å². The number of fused-ring (bicyclic) bond motifs is 6. The van der Waals surface area contributed by atoms with Crippen LogP contribution < -0.4 is 0 Å². The first-order valence-electron chi connectivity index (χ1n) is 25.8. The van der Waals surface area contributed by atoms with E-state index >= 15 is 0 Å². The first-order chi connectivity index (χ1) is 36.6. The van der Waals surface area contributed by atoms with E-state index in [1.807, 2.05) is 115 Å². The Labute approximate surface area is 402 Å². The molecule has 3 aromatic heterocycles. The average molecular weight is 876 g/mol. The molecule has 5 nitrogen and oxygen atoms in total. The zero-order valence-electron chi connectivity index (χ0n) is 43.2. The Morgan fingerprint density at radius 2 is 0.868 bits per heavy atom. The van der Waals surface area contributed by atoms with Gasteiger partial charge < -0.3 is 8.98 Å². The van der Waals surface area contributed by atoms with Gasteiger partial charge in [-0.15, -0.1) is 0 Å². The van der Waals surface area contributed by atoms with E-state index in [0.717, 1.165) is 72.0 Å². The molecule has 5 heteroatoms. The molecule has 10 aromatic carbocycles. The van der Waals surface area contributed by atoms with Crippen LogP contribution in [0, 0.1) is 0 Å². The molecule has 13 rings (SSSR count). The number of rotatable bonds is 8. The van der Waals surface area contributed by atoms with Gasteiger partial charge in [0.05, 0.1) is 26.3 Å². The zero-order valence-corrected chi connectivity index (χ0v) is 36.2. The molecule has 0 saturated carbocycles. The maximum Gasteiger partial charge on any atom is 0.166 e. The van der Waals surface area contributed by atoms with E-state index < -0.39 is 12.1 Å². The predicted octanol–water partition coefficient (Wildman–Crippen LogP) is 16.5. The molecule has 0 amide bonds. The number of aromatic nitrogens is 4. The fourth-order valence-electron chi connectivity index (χ4n) is 9.30. The van der Waals surface area contributed by atoms with E-state index in [4.69, 9.17) is 26.2 Å². The number of hydrogen-bond donors (Lipinski definition) is 0. The third kappa shape index (κ3) is 6.84. The van der Waals surface area contributed by atoms with Crippen molar-refractivity contribution in [3.8, 4) is 84.4 Å². The van der Waals surface area contributed by atoms with Crippen molar-refractivity contribution < 1.29 is 14.0 Å². The molecule has 0 fully saturated rings. The molecule has 0 N–H and O–H groups in total. The molecular formula is C63H40N4O. The SMILES string of the molecule is [2H]c1cc([2H])c2c(c1[2H])c1c([2H])c([2H])c([2H])c([2H])c1n2-c1ccccc1-c1nc(-c2ccc(-c3cccc(-c4ccccc4)c3)cc2)nc(-c2cccc(-c3cccc4c3oc3ccc(-c5ccccc5)cc34)c2)n1. The summed E-state index contributed by atoms with van der Waals surface area (Å²) >= 11 is 0. The van der Waals surface area contributed by atoms with Crippen molar-refractivity contribution in [2.24, 2.45) is 0 Å². The quantitative estimate of drug-likeness (QED) is 0.153. The molecule has 0 aliphatic rings. The van der Waals surface area contributed by atoms with Crippen LogP contribution in [-0.4, -0.2) is 19.5 Å². The van der Waals surface area contributed by atoms with Crippen molar-refractivity contribution in [2.75, 3.05) is 0 Å². The van der Waals surface area contributed by atoms with E-state index in [0.29, 0.717) is 28.5 Å². The first kappa shape index (κ1) is 32.5. The van der Waals surface area contributed by atoms with Crippen LogP contribution in [0.2, 0.25) is 0 Å². The minimum absolute atomic E-state index is 0.0535. The number of nitrogens with zero attached hydrogens (tertiary/aromatic N) is 4. The summed E-state index contributed by atoms with van der Waals surface area (Å²) in [7, 11) is 0. The summed E-state index contributed by atoms with van der Waals surface area (Å²) in [4.78, 5) is 15.5. The van der Waals surface area contributed by atoms with E-state index in [1.54, 1.807) is 16.7 Å². The summed E-state index contributed by atoms with van der Waals surface area (Å²) in [6.45, 7) is 0. The number of benzene rings is 10. The van der Waals surface area contributed by atoms with Gasteiger partial charge in [-0.05, 0) is 87.4 Å². The monoisotopic (exact) mass is 875 g/mol. The predicted molar refractivity (Wildman–Crippen MR) is 279 cm³/mol. The van der Waals surface area contributed by atoms with E-state index in [1.165, 1.54) is 6.07 Å². The minimum Gasteiger partial charge on any atom is -0.455 e. The second-order valence-corrected chi connectivity index (χ2v) is 16.6. The molecule has 318 valence electrons. The largest absolute Gasteiger partial charge is 0.455 e. The summed E-state index contributed by atoms with van der Waals surface area (Å²) in [6, 6.07) is 63.8. The standard InChI is InChI=1S/C63H40N4O/c1-3-16-41(17-4-1)45-20-13-21-46(38-45)43-32-34-44(35-33-43)61-64-62(66-63(65-61)54-26-9-12-31-58(54)67-56-29-10-7-24-51(56)52-25-8-11-30-57(52)67)49-23-14-22-48(39-49)50-27-15-28-53-55-40-47(42-18-5-2-6-19-42)36-37-59(55)68-60(50)53/h1-40H/i7D,8D,10D,24D,25D,29D,30D. The van der Waals surface area contributed by atoms with Crippen LogP contribution in [0.5, 0.6) is 0 Å². The maximum absolute atomic E-state index is 9.23. The van der Waals surface area contributed by atoms with Crippen molar-refractivity contribution in [3.63, 3.8) is 0 Å². The molecule has 0 bridgehead atoms. The molecule has 68 heavy (non-hydrogen) atoms. The summed E-state index contributed by atoms with van der Waals surface area (Å²) in [5.41, 5.74) is 12.3. The lowest BCUT2D eigenvalue weighted by Gasteiger charge is -2.15. The topological polar surface area (TPSA) is 56.7 Å². The molecule has 0 radical (unpaired) electrons. The highest BCUT2D eigenvalue weighted by Gasteiger charge is 2.20. The lowest BCUT2D eigenvalue weighted by atomic mass is 9.98. The van der Waals surface area contributed by atoms with Gasteiger partial charge in [0.15, 0.2) is 17.5 Å². The van der Waals surface area contributed by atoms with Crippen LogP contribution in [0.25, 0.3) is 128 Å². The van der Waals surface area contributed by atoms with Crippen molar-refractivity contribution in [1.29, 1.82) is 0 Å². The molecule has 0 aliphatic heterocycles. The highest BCUT2D eigenvalue weighted by atomic mass is 16.3. The molecule has 0 atom stereocenters. The van der Waals surface area contributed by atoms with E-state index in [-0.39, 0.29) is 57.8 Å².